The van der Waals surface area contributed by atoms with Gasteiger partial charge in [-0.1, -0.05) is 30.3 Å². The van der Waals surface area contributed by atoms with Gasteiger partial charge in [-0.15, -0.1) is 0 Å². The Morgan fingerprint density at radius 2 is 1.83 bits per heavy atom. The van der Waals surface area contributed by atoms with Crippen molar-refractivity contribution in [1.29, 1.82) is 0 Å². The van der Waals surface area contributed by atoms with E-state index in [1.165, 1.54) is 0 Å². The SMILES string of the molecule is COc1ccc(CNCc2c(C(=O)O)n(C)c3ccccc23)cc1. The number of fused-ring (bicyclic) bond motifs is 1. The van der Waals surface area contributed by atoms with Crippen LogP contribution in [0.2, 0.25) is 0 Å². The first kappa shape index (κ1) is 16.1. The van der Waals surface area contributed by atoms with Crippen LogP contribution in [0.15, 0.2) is 48.5 Å². The van der Waals surface area contributed by atoms with E-state index >= 15 is 0 Å². The summed E-state index contributed by atoms with van der Waals surface area (Å²) in [5, 5.41) is 13.9. The molecule has 5 heteroatoms. The number of carbonyl (C=O) groups is 1. The van der Waals surface area contributed by atoms with Crippen LogP contribution in [0.3, 0.4) is 0 Å². The molecule has 0 fully saturated rings. The van der Waals surface area contributed by atoms with E-state index in [4.69, 9.17) is 4.74 Å². The molecular weight excluding hydrogens is 304 g/mol. The number of nitrogens with zero attached hydrogens (tertiary/aromatic N) is 1. The summed E-state index contributed by atoms with van der Waals surface area (Å²) in [4.78, 5) is 11.7. The van der Waals surface area contributed by atoms with Gasteiger partial charge in [0, 0.05) is 36.6 Å². The van der Waals surface area contributed by atoms with Gasteiger partial charge >= 0.3 is 5.97 Å². The zero-order valence-corrected chi connectivity index (χ0v) is 13.7. The van der Waals surface area contributed by atoms with E-state index in [-0.39, 0.29) is 0 Å². The second kappa shape index (κ2) is 6.76. The summed E-state index contributed by atoms with van der Waals surface area (Å²) in [6, 6.07) is 15.6. The number of para-hydroxylation sites is 1. The minimum atomic E-state index is -0.907. The molecule has 0 saturated carbocycles. The Balaban J connectivity index is 1.81. The van der Waals surface area contributed by atoms with Gasteiger partial charge in [0.1, 0.15) is 11.4 Å². The minimum absolute atomic E-state index is 0.332. The molecule has 0 aliphatic carbocycles. The maximum absolute atomic E-state index is 11.7. The topological polar surface area (TPSA) is 63.5 Å². The van der Waals surface area contributed by atoms with Crippen molar-refractivity contribution in [2.75, 3.05) is 7.11 Å². The Morgan fingerprint density at radius 3 is 2.50 bits per heavy atom. The average Bonchev–Trinajstić information content (AvgIpc) is 2.88. The highest BCUT2D eigenvalue weighted by Gasteiger charge is 2.19. The number of carboxylic acids is 1. The molecule has 0 bridgehead atoms. The summed E-state index contributed by atoms with van der Waals surface area (Å²) in [5.74, 6) is -0.0871. The second-order valence-electron chi connectivity index (χ2n) is 5.66. The molecule has 0 unspecified atom stereocenters. The molecule has 0 aliphatic rings. The van der Waals surface area contributed by atoms with Crippen LogP contribution >= 0.6 is 0 Å². The van der Waals surface area contributed by atoms with E-state index in [9.17, 15) is 9.90 Å². The number of hydrogen-bond acceptors (Lipinski definition) is 3. The van der Waals surface area contributed by atoms with E-state index in [0.717, 1.165) is 27.8 Å². The molecule has 2 N–H and O–H groups in total. The number of benzene rings is 2. The van der Waals surface area contributed by atoms with Gasteiger partial charge in [-0.05, 0) is 23.8 Å². The first-order valence-electron chi connectivity index (χ1n) is 7.75. The molecular formula is C19H20N2O3. The maximum Gasteiger partial charge on any atom is 0.352 e. The molecule has 0 aliphatic heterocycles. The van der Waals surface area contributed by atoms with Crippen LogP contribution in [-0.2, 0) is 20.1 Å². The fourth-order valence-electron chi connectivity index (χ4n) is 3.00. The van der Waals surface area contributed by atoms with E-state index in [2.05, 4.69) is 5.32 Å². The lowest BCUT2D eigenvalue weighted by Crippen LogP contribution is -2.16. The second-order valence-corrected chi connectivity index (χ2v) is 5.66. The van der Waals surface area contributed by atoms with Crippen LogP contribution in [0, 0.1) is 0 Å². The monoisotopic (exact) mass is 324 g/mol. The van der Waals surface area contributed by atoms with Crippen LogP contribution in [0.25, 0.3) is 10.9 Å². The van der Waals surface area contributed by atoms with E-state index in [1.807, 2.05) is 48.5 Å². The Morgan fingerprint density at radius 1 is 1.12 bits per heavy atom. The van der Waals surface area contributed by atoms with Crippen molar-refractivity contribution < 1.29 is 14.6 Å². The molecule has 3 aromatic rings. The van der Waals surface area contributed by atoms with Gasteiger partial charge in [-0.2, -0.15) is 0 Å². The highest BCUT2D eigenvalue weighted by Crippen LogP contribution is 2.25. The van der Waals surface area contributed by atoms with Crippen LogP contribution in [0.5, 0.6) is 5.75 Å². The largest absolute Gasteiger partial charge is 0.497 e. The van der Waals surface area contributed by atoms with Crippen LogP contribution < -0.4 is 10.1 Å². The van der Waals surface area contributed by atoms with Gasteiger partial charge in [-0.25, -0.2) is 4.79 Å². The normalized spacial score (nSPS) is 10.9. The van der Waals surface area contributed by atoms with Crippen LogP contribution in [-0.4, -0.2) is 22.8 Å². The average molecular weight is 324 g/mol. The maximum atomic E-state index is 11.7. The highest BCUT2D eigenvalue weighted by molar-refractivity contribution is 5.98. The van der Waals surface area contributed by atoms with Crippen molar-refractivity contribution >= 4 is 16.9 Å². The van der Waals surface area contributed by atoms with Gasteiger partial charge in [0.15, 0.2) is 0 Å². The number of hydrogen-bond donors (Lipinski definition) is 2. The first-order valence-corrected chi connectivity index (χ1v) is 7.75. The lowest BCUT2D eigenvalue weighted by molar-refractivity contribution is 0.0685. The molecule has 124 valence electrons. The number of ether oxygens (including phenoxy) is 1. The third-order valence-electron chi connectivity index (χ3n) is 4.20. The third-order valence-corrected chi connectivity index (χ3v) is 4.20. The molecule has 1 heterocycles. The molecule has 0 amide bonds. The third kappa shape index (κ3) is 2.98. The van der Waals surface area contributed by atoms with Crippen molar-refractivity contribution in [3.8, 4) is 5.75 Å². The van der Waals surface area contributed by atoms with Gasteiger partial charge in [0.25, 0.3) is 0 Å². The van der Waals surface area contributed by atoms with Crippen LogP contribution in [0.1, 0.15) is 21.6 Å². The van der Waals surface area contributed by atoms with Crippen molar-refractivity contribution in [2.24, 2.45) is 7.05 Å². The number of aryl methyl sites for hydroxylation is 1. The lowest BCUT2D eigenvalue weighted by atomic mass is 10.1. The number of methoxy groups -OCH3 is 1. The summed E-state index contributed by atoms with van der Waals surface area (Å²) in [7, 11) is 3.43. The fraction of sp³-hybridized carbons (Fsp3) is 0.211. The Hall–Kier alpha value is -2.79. The van der Waals surface area contributed by atoms with Crippen molar-refractivity contribution in [3.05, 3.63) is 65.4 Å². The number of aromatic nitrogens is 1. The quantitative estimate of drug-likeness (QED) is 0.731. The van der Waals surface area contributed by atoms with E-state index in [0.29, 0.717) is 18.8 Å². The Labute approximate surface area is 140 Å². The molecule has 3 rings (SSSR count). The summed E-state index contributed by atoms with van der Waals surface area (Å²) < 4.78 is 6.89. The predicted molar refractivity (Wildman–Crippen MR) is 93.4 cm³/mol. The molecule has 5 nitrogen and oxygen atoms in total. The summed E-state index contributed by atoms with van der Waals surface area (Å²) >= 11 is 0. The molecule has 0 radical (unpaired) electrons. The molecule has 2 aromatic carbocycles. The summed E-state index contributed by atoms with van der Waals surface area (Å²) in [6.07, 6.45) is 0. The molecule has 24 heavy (non-hydrogen) atoms. The minimum Gasteiger partial charge on any atom is -0.497 e. The Kier molecular flexibility index (Phi) is 4.53. The van der Waals surface area contributed by atoms with Gasteiger partial charge in [-0.3, -0.25) is 0 Å². The number of carboxylic acid groups (broad SMARTS) is 1. The summed E-state index contributed by atoms with van der Waals surface area (Å²) in [6.45, 7) is 1.15. The van der Waals surface area contributed by atoms with Crippen LogP contribution in [0.4, 0.5) is 0 Å². The van der Waals surface area contributed by atoms with Crippen molar-refractivity contribution in [1.82, 2.24) is 9.88 Å². The first-order chi connectivity index (χ1) is 11.6. The zero-order chi connectivity index (χ0) is 17.1. The number of nitrogens with one attached hydrogen (secondary N) is 1. The van der Waals surface area contributed by atoms with Crippen molar-refractivity contribution in [2.45, 2.75) is 13.1 Å². The molecule has 0 saturated heterocycles. The zero-order valence-electron chi connectivity index (χ0n) is 13.7. The van der Waals surface area contributed by atoms with Gasteiger partial charge < -0.3 is 19.7 Å². The van der Waals surface area contributed by atoms with E-state index < -0.39 is 5.97 Å². The van der Waals surface area contributed by atoms with Gasteiger partial charge in [0.2, 0.25) is 0 Å². The fourth-order valence-corrected chi connectivity index (χ4v) is 3.00. The van der Waals surface area contributed by atoms with Gasteiger partial charge in [0.05, 0.1) is 7.11 Å². The van der Waals surface area contributed by atoms with Crippen molar-refractivity contribution in [3.63, 3.8) is 0 Å². The standard InChI is InChI=1S/C19H20N2O3/c1-21-17-6-4-3-5-15(17)16(18(21)19(22)23)12-20-11-13-7-9-14(24-2)10-8-13/h3-10,20H,11-12H2,1-2H3,(H,22,23). The molecule has 0 spiro atoms. The molecule has 0 atom stereocenters. The predicted octanol–water partition coefficient (Wildman–Crippen LogP) is 3.17. The molecule has 1 aromatic heterocycles. The highest BCUT2D eigenvalue weighted by atomic mass is 16.5. The number of aromatic carboxylic acids is 1. The smallest absolute Gasteiger partial charge is 0.352 e. The number of rotatable bonds is 6. The summed E-state index contributed by atoms with van der Waals surface area (Å²) in [5.41, 5.74) is 3.19. The lowest BCUT2D eigenvalue weighted by Gasteiger charge is -2.07. The Bertz CT molecular complexity index is 866. The van der Waals surface area contributed by atoms with E-state index in [1.54, 1.807) is 18.7 Å².